The minimum absolute atomic E-state index is 0. The largest absolute Gasteiger partial charge is 2.00 e. The van der Waals surface area contributed by atoms with E-state index < -0.39 is 0 Å². The molecule has 0 heterocycles. The van der Waals surface area contributed by atoms with Gasteiger partial charge in [0.1, 0.15) is 0 Å². The number of rotatable bonds is 4. The number of hydrazone groups is 1. The van der Waals surface area contributed by atoms with Crippen LogP contribution in [-0.4, -0.2) is 40.8 Å². The Bertz CT molecular complexity index is 611. The number of nitrogens with one attached hydrogen (secondary N) is 1. The summed E-state index contributed by atoms with van der Waals surface area (Å²) in [5, 5.41) is 12.7. The summed E-state index contributed by atoms with van der Waals surface area (Å²) >= 11 is 10.1. The van der Waals surface area contributed by atoms with Gasteiger partial charge in [0, 0.05) is 24.4 Å². The second kappa shape index (κ2) is 11.2. The SMILES string of the molecule is CC(=N\N=C([S-])N(C)C)/C(C)=N/NC([S-])=Nc1ccccc1.[Zn+2]. The van der Waals surface area contributed by atoms with Crippen LogP contribution >= 0.6 is 0 Å². The molecule has 0 aliphatic heterocycles. The zero-order valence-corrected chi connectivity index (χ0v) is 18.2. The predicted molar refractivity (Wildman–Crippen MR) is 98.7 cm³/mol. The van der Waals surface area contributed by atoms with Crippen LogP contribution in [0.5, 0.6) is 0 Å². The van der Waals surface area contributed by atoms with Crippen molar-refractivity contribution in [2.45, 2.75) is 13.8 Å². The molecule has 0 atom stereocenters. The van der Waals surface area contributed by atoms with E-state index in [1.165, 1.54) is 0 Å². The Kier molecular flexibility index (Phi) is 10.5. The molecule has 1 aromatic rings. The maximum Gasteiger partial charge on any atom is 2.00 e. The fourth-order valence-corrected chi connectivity index (χ4v) is 1.33. The van der Waals surface area contributed by atoms with Crippen molar-refractivity contribution in [2.24, 2.45) is 20.3 Å². The van der Waals surface area contributed by atoms with Gasteiger partial charge in [-0.1, -0.05) is 18.2 Å². The number of hydrogen-bond acceptors (Lipinski definition) is 6. The standard InChI is InChI=1S/C14H20N6S2.Zn/c1-10(11(2)17-19-14(22)20(3)4)16-18-13(21)15-12-8-6-5-7-9-12;/h5-9H,1-4H3,(H,19,22)(H2,15,18,21);/q;+2/p-2/b16-10+,17-11+;. The second-order valence-corrected chi connectivity index (χ2v) is 5.28. The minimum Gasteiger partial charge on any atom is -0.741 e. The molecular weight excluding hydrogens is 382 g/mol. The number of hydrogen-bond donors (Lipinski definition) is 1. The fraction of sp³-hybridized carbons (Fsp3) is 0.286. The van der Waals surface area contributed by atoms with E-state index >= 15 is 0 Å². The van der Waals surface area contributed by atoms with Crippen LogP contribution in [0.25, 0.3) is 0 Å². The Labute approximate surface area is 160 Å². The van der Waals surface area contributed by atoms with Crippen LogP contribution in [0, 0.1) is 0 Å². The minimum atomic E-state index is 0. The van der Waals surface area contributed by atoms with Crippen LogP contribution < -0.4 is 5.43 Å². The van der Waals surface area contributed by atoms with Gasteiger partial charge in [-0.05, 0) is 26.0 Å². The number of para-hydroxylation sites is 1. The third-order valence-corrected chi connectivity index (χ3v) is 3.13. The van der Waals surface area contributed by atoms with Crippen LogP contribution in [0.15, 0.2) is 50.6 Å². The van der Waals surface area contributed by atoms with Crippen LogP contribution in [0.4, 0.5) is 5.69 Å². The molecule has 0 saturated heterocycles. The van der Waals surface area contributed by atoms with E-state index in [-0.39, 0.29) is 24.6 Å². The number of aliphatic imine (C=N–C) groups is 1. The third kappa shape index (κ3) is 8.69. The molecule has 0 aromatic heterocycles. The first-order chi connectivity index (χ1) is 10.4. The van der Waals surface area contributed by atoms with Gasteiger partial charge in [0.25, 0.3) is 0 Å². The molecule has 9 heteroatoms. The van der Waals surface area contributed by atoms with Gasteiger partial charge in [-0.2, -0.15) is 15.3 Å². The van der Waals surface area contributed by atoms with Gasteiger partial charge >= 0.3 is 19.5 Å². The molecule has 23 heavy (non-hydrogen) atoms. The predicted octanol–water partition coefficient (Wildman–Crippen LogP) is 2.02. The summed E-state index contributed by atoms with van der Waals surface area (Å²) in [6, 6.07) is 9.42. The van der Waals surface area contributed by atoms with Crippen molar-refractivity contribution in [3.63, 3.8) is 0 Å². The maximum absolute atomic E-state index is 5.11. The van der Waals surface area contributed by atoms with Gasteiger partial charge in [-0.15, -0.1) is 0 Å². The van der Waals surface area contributed by atoms with E-state index in [1.54, 1.807) is 18.7 Å². The van der Waals surface area contributed by atoms with E-state index in [4.69, 9.17) is 25.3 Å². The smallest absolute Gasteiger partial charge is 0.741 e. The monoisotopic (exact) mass is 398 g/mol. The average Bonchev–Trinajstić information content (AvgIpc) is 2.50. The second-order valence-electron chi connectivity index (χ2n) is 4.52. The number of amidine groups is 2. The van der Waals surface area contributed by atoms with Gasteiger partial charge < -0.3 is 30.2 Å². The van der Waals surface area contributed by atoms with Gasteiger partial charge in [0.05, 0.1) is 17.1 Å². The molecule has 0 fully saturated rings. The van der Waals surface area contributed by atoms with E-state index in [0.717, 1.165) is 5.69 Å². The van der Waals surface area contributed by atoms with Crippen LogP contribution in [-0.2, 0) is 44.7 Å². The molecular formula is C14H18N6S2Zn. The van der Waals surface area contributed by atoms with E-state index in [9.17, 15) is 0 Å². The number of nitrogens with zero attached hydrogens (tertiary/aromatic N) is 5. The van der Waals surface area contributed by atoms with E-state index in [2.05, 4.69) is 25.7 Å². The van der Waals surface area contributed by atoms with Crippen molar-refractivity contribution in [2.75, 3.05) is 14.1 Å². The molecule has 1 N–H and O–H groups in total. The third-order valence-electron chi connectivity index (χ3n) is 2.50. The normalized spacial score (nSPS) is 13.4. The first kappa shape index (κ1) is 21.6. The summed E-state index contributed by atoms with van der Waals surface area (Å²) in [7, 11) is 3.62. The van der Waals surface area contributed by atoms with Gasteiger partial charge in [-0.3, -0.25) is 10.4 Å². The van der Waals surface area contributed by atoms with Crippen molar-refractivity contribution in [1.82, 2.24) is 10.3 Å². The summed E-state index contributed by atoms with van der Waals surface area (Å²) < 4.78 is 0. The molecule has 0 unspecified atom stereocenters. The summed E-state index contributed by atoms with van der Waals surface area (Å²) in [4.78, 5) is 5.91. The zero-order valence-electron chi connectivity index (χ0n) is 13.6. The summed E-state index contributed by atoms with van der Waals surface area (Å²) in [5.74, 6) is 0. The van der Waals surface area contributed by atoms with Crippen LogP contribution in [0.3, 0.4) is 0 Å². The van der Waals surface area contributed by atoms with Crippen molar-refractivity contribution < 1.29 is 19.5 Å². The quantitative estimate of drug-likeness (QED) is 0.276. The fourth-order valence-electron chi connectivity index (χ4n) is 1.14. The van der Waals surface area contributed by atoms with Gasteiger partial charge in [0.2, 0.25) is 0 Å². The maximum atomic E-state index is 5.11. The Morgan fingerprint density at radius 3 is 2.17 bits per heavy atom. The topological polar surface area (TPSA) is 64.7 Å². The molecule has 0 saturated carbocycles. The summed E-state index contributed by atoms with van der Waals surface area (Å²) in [6.07, 6.45) is 0. The molecule has 6 nitrogen and oxygen atoms in total. The van der Waals surface area contributed by atoms with Crippen LogP contribution in [0.2, 0.25) is 0 Å². The van der Waals surface area contributed by atoms with E-state index in [1.807, 2.05) is 44.4 Å². The van der Waals surface area contributed by atoms with E-state index in [0.29, 0.717) is 16.6 Å². The Morgan fingerprint density at radius 2 is 1.61 bits per heavy atom. The molecule has 1 aromatic carbocycles. The van der Waals surface area contributed by atoms with Gasteiger partial charge in [-0.25, -0.2) is 0 Å². The van der Waals surface area contributed by atoms with Crippen molar-refractivity contribution in [3.05, 3.63) is 30.3 Å². The van der Waals surface area contributed by atoms with Crippen LogP contribution in [0.1, 0.15) is 13.8 Å². The molecule has 1 rings (SSSR count). The number of benzene rings is 1. The van der Waals surface area contributed by atoms with Crippen molar-refractivity contribution in [3.8, 4) is 0 Å². The molecule has 0 bridgehead atoms. The molecule has 0 amide bonds. The Hall–Kier alpha value is -1.44. The first-order valence-corrected chi connectivity index (χ1v) is 7.30. The summed E-state index contributed by atoms with van der Waals surface area (Å²) in [5.41, 5.74) is 4.76. The average molecular weight is 400 g/mol. The summed E-state index contributed by atoms with van der Waals surface area (Å²) in [6.45, 7) is 3.59. The molecule has 0 aliphatic rings. The Morgan fingerprint density at radius 1 is 1.00 bits per heavy atom. The molecule has 118 valence electrons. The molecule has 0 radical (unpaired) electrons. The van der Waals surface area contributed by atoms with Crippen molar-refractivity contribution >= 4 is 52.7 Å². The molecule has 0 spiro atoms. The Balaban J connectivity index is 0.00000484. The molecule has 0 aliphatic carbocycles. The van der Waals surface area contributed by atoms with Gasteiger partial charge in [0.15, 0.2) is 0 Å². The first-order valence-electron chi connectivity index (χ1n) is 6.48. The zero-order chi connectivity index (χ0) is 16.5. The van der Waals surface area contributed by atoms with Crippen molar-refractivity contribution in [1.29, 1.82) is 0 Å².